The Morgan fingerprint density at radius 2 is 2.11 bits per heavy atom. The Kier molecular flexibility index (Phi) is 5.10. The number of hydrogen-bond acceptors (Lipinski definition) is 5. The van der Waals surface area contributed by atoms with E-state index in [0.29, 0.717) is 12.6 Å². The molecular weight excluding hydrogens is 240 g/mol. The Hall–Kier alpha value is -1.20. The highest BCUT2D eigenvalue weighted by Crippen LogP contribution is 2.29. The van der Waals surface area contributed by atoms with Gasteiger partial charge in [0.2, 0.25) is 5.95 Å². The van der Waals surface area contributed by atoms with Crippen molar-refractivity contribution >= 4 is 5.95 Å². The van der Waals surface area contributed by atoms with Crippen LogP contribution in [0.4, 0.5) is 5.95 Å². The molecule has 5 nitrogen and oxygen atoms in total. The van der Waals surface area contributed by atoms with E-state index in [1.165, 1.54) is 12.8 Å². The van der Waals surface area contributed by atoms with Crippen LogP contribution in [-0.2, 0) is 11.2 Å². The zero-order valence-electron chi connectivity index (χ0n) is 11.9. The molecule has 5 heteroatoms. The third kappa shape index (κ3) is 4.14. The molecule has 1 unspecified atom stereocenters. The summed E-state index contributed by atoms with van der Waals surface area (Å²) in [5.41, 5.74) is 7.06. The third-order valence-corrected chi connectivity index (χ3v) is 3.49. The summed E-state index contributed by atoms with van der Waals surface area (Å²) in [4.78, 5) is 11.2. The number of anilines is 1. The average Bonchev–Trinajstić information content (AvgIpc) is 3.25. The first-order chi connectivity index (χ1) is 9.24. The highest BCUT2D eigenvalue weighted by Gasteiger charge is 2.30. The predicted molar refractivity (Wildman–Crippen MR) is 76.2 cm³/mol. The van der Waals surface area contributed by atoms with Crippen molar-refractivity contribution < 1.29 is 4.74 Å². The molecule has 1 aromatic rings. The predicted octanol–water partition coefficient (Wildman–Crippen LogP) is 1.37. The normalized spacial score (nSPS) is 16.4. The van der Waals surface area contributed by atoms with E-state index in [1.54, 1.807) is 7.11 Å². The van der Waals surface area contributed by atoms with Crippen molar-refractivity contribution in [2.45, 2.75) is 44.7 Å². The van der Waals surface area contributed by atoms with Gasteiger partial charge in [-0.15, -0.1) is 0 Å². The van der Waals surface area contributed by atoms with E-state index in [4.69, 9.17) is 10.5 Å². The van der Waals surface area contributed by atoms with Gasteiger partial charge < -0.3 is 15.4 Å². The fourth-order valence-electron chi connectivity index (χ4n) is 2.07. The summed E-state index contributed by atoms with van der Waals surface area (Å²) >= 11 is 0. The van der Waals surface area contributed by atoms with Gasteiger partial charge in [-0.3, -0.25) is 0 Å². The summed E-state index contributed by atoms with van der Waals surface area (Å²) in [6, 6.07) is 0.793. The van der Waals surface area contributed by atoms with Crippen molar-refractivity contribution in [3.8, 4) is 0 Å². The summed E-state index contributed by atoms with van der Waals surface area (Å²) < 4.78 is 5.15. The summed E-state index contributed by atoms with van der Waals surface area (Å²) in [6.07, 6.45) is 8.09. The number of rotatable bonds is 8. The van der Waals surface area contributed by atoms with E-state index < -0.39 is 0 Å². The molecule has 0 aliphatic heterocycles. The SMILES string of the molecule is CCC(N)Cc1cnc(N(CCOC)C2CC2)nc1. The molecule has 0 saturated heterocycles. The molecule has 0 aromatic carbocycles. The van der Waals surface area contributed by atoms with E-state index in [0.717, 1.165) is 30.9 Å². The molecule has 1 heterocycles. The molecule has 1 aromatic heterocycles. The van der Waals surface area contributed by atoms with Crippen LogP contribution in [0.3, 0.4) is 0 Å². The zero-order chi connectivity index (χ0) is 13.7. The van der Waals surface area contributed by atoms with Crippen LogP contribution in [0.1, 0.15) is 31.7 Å². The van der Waals surface area contributed by atoms with Gasteiger partial charge in [0.15, 0.2) is 0 Å². The molecular formula is C14H24N4O. The van der Waals surface area contributed by atoms with Gasteiger partial charge in [-0.1, -0.05) is 6.92 Å². The maximum atomic E-state index is 5.94. The molecule has 1 saturated carbocycles. The van der Waals surface area contributed by atoms with Crippen molar-refractivity contribution in [2.75, 3.05) is 25.2 Å². The Bertz CT molecular complexity index is 378. The quantitative estimate of drug-likeness (QED) is 0.768. The minimum atomic E-state index is 0.197. The van der Waals surface area contributed by atoms with E-state index in [1.807, 2.05) is 12.4 Å². The number of aromatic nitrogens is 2. The number of nitrogens with two attached hydrogens (primary N) is 1. The van der Waals surface area contributed by atoms with Gasteiger partial charge in [0.1, 0.15) is 0 Å². The monoisotopic (exact) mass is 264 g/mol. The molecule has 1 atom stereocenters. The second-order valence-electron chi connectivity index (χ2n) is 5.18. The topological polar surface area (TPSA) is 64.3 Å². The van der Waals surface area contributed by atoms with Crippen LogP contribution >= 0.6 is 0 Å². The fraction of sp³-hybridized carbons (Fsp3) is 0.714. The zero-order valence-corrected chi connectivity index (χ0v) is 11.9. The van der Waals surface area contributed by atoms with Crippen LogP contribution in [0.2, 0.25) is 0 Å². The lowest BCUT2D eigenvalue weighted by Gasteiger charge is -2.21. The summed E-state index contributed by atoms with van der Waals surface area (Å²) in [5, 5.41) is 0. The lowest BCUT2D eigenvalue weighted by atomic mass is 10.1. The molecule has 2 N–H and O–H groups in total. The molecule has 0 bridgehead atoms. The van der Waals surface area contributed by atoms with Gasteiger partial charge >= 0.3 is 0 Å². The molecule has 0 amide bonds. The molecule has 1 aliphatic rings. The minimum Gasteiger partial charge on any atom is -0.383 e. The first-order valence-electron chi connectivity index (χ1n) is 7.06. The molecule has 1 aliphatic carbocycles. The van der Waals surface area contributed by atoms with E-state index in [9.17, 15) is 0 Å². The van der Waals surface area contributed by atoms with Crippen LogP contribution in [-0.4, -0.2) is 42.3 Å². The number of nitrogens with zero attached hydrogens (tertiary/aromatic N) is 3. The van der Waals surface area contributed by atoms with E-state index in [-0.39, 0.29) is 6.04 Å². The smallest absolute Gasteiger partial charge is 0.225 e. The molecule has 2 rings (SSSR count). The Morgan fingerprint density at radius 1 is 1.42 bits per heavy atom. The van der Waals surface area contributed by atoms with Gasteiger partial charge in [-0.2, -0.15) is 0 Å². The molecule has 1 fully saturated rings. The third-order valence-electron chi connectivity index (χ3n) is 3.49. The van der Waals surface area contributed by atoms with Gasteiger partial charge in [-0.05, 0) is 31.2 Å². The largest absolute Gasteiger partial charge is 0.383 e. The van der Waals surface area contributed by atoms with Crippen molar-refractivity contribution in [3.63, 3.8) is 0 Å². The summed E-state index contributed by atoms with van der Waals surface area (Å²) in [7, 11) is 1.72. The highest BCUT2D eigenvalue weighted by molar-refractivity contribution is 5.34. The van der Waals surface area contributed by atoms with Gasteiger partial charge in [-0.25, -0.2) is 9.97 Å². The van der Waals surface area contributed by atoms with Gasteiger partial charge in [0, 0.05) is 38.1 Å². The molecule has 0 radical (unpaired) electrons. The first kappa shape index (κ1) is 14.2. The number of ether oxygens (including phenoxy) is 1. The molecule has 0 spiro atoms. The lowest BCUT2D eigenvalue weighted by molar-refractivity contribution is 0.204. The highest BCUT2D eigenvalue weighted by atomic mass is 16.5. The van der Waals surface area contributed by atoms with Crippen LogP contribution in [0.25, 0.3) is 0 Å². The number of hydrogen-bond donors (Lipinski definition) is 1. The van der Waals surface area contributed by atoms with Crippen LogP contribution in [0.15, 0.2) is 12.4 Å². The van der Waals surface area contributed by atoms with Crippen molar-refractivity contribution in [1.29, 1.82) is 0 Å². The Morgan fingerprint density at radius 3 is 2.63 bits per heavy atom. The minimum absolute atomic E-state index is 0.197. The molecule has 19 heavy (non-hydrogen) atoms. The molecule has 106 valence electrons. The maximum Gasteiger partial charge on any atom is 0.225 e. The summed E-state index contributed by atoms with van der Waals surface area (Å²) in [5.74, 6) is 0.813. The average molecular weight is 264 g/mol. The van der Waals surface area contributed by atoms with Crippen molar-refractivity contribution in [1.82, 2.24) is 9.97 Å². The summed E-state index contributed by atoms with van der Waals surface area (Å²) in [6.45, 7) is 3.66. The Balaban J connectivity index is 1.98. The van der Waals surface area contributed by atoms with Gasteiger partial charge in [0.25, 0.3) is 0 Å². The first-order valence-corrected chi connectivity index (χ1v) is 7.06. The standard InChI is InChI=1S/C14H24N4O/c1-3-12(15)8-11-9-16-14(17-10-11)18(6-7-19-2)13-4-5-13/h9-10,12-13H,3-8,15H2,1-2H3. The lowest BCUT2D eigenvalue weighted by Crippen LogP contribution is -2.31. The second-order valence-corrected chi connectivity index (χ2v) is 5.18. The van der Waals surface area contributed by atoms with Crippen molar-refractivity contribution in [2.24, 2.45) is 5.73 Å². The van der Waals surface area contributed by atoms with Crippen LogP contribution in [0, 0.1) is 0 Å². The van der Waals surface area contributed by atoms with Gasteiger partial charge in [0.05, 0.1) is 6.61 Å². The van der Waals surface area contributed by atoms with Crippen molar-refractivity contribution in [3.05, 3.63) is 18.0 Å². The number of methoxy groups -OCH3 is 1. The second kappa shape index (κ2) is 6.82. The maximum absolute atomic E-state index is 5.94. The van der Waals surface area contributed by atoms with E-state index >= 15 is 0 Å². The fourth-order valence-corrected chi connectivity index (χ4v) is 2.07. The van der Waals surface area contributed by atoms with Crippen LogP contribution < -0.4 is 10.6 Å². The Labute approximate surface area is 115 Å². The van der Waals surface area contributed by atoms with Crippen LogP contribution in [0.5, 0.6) is 0 Å². The van der Waals surface area contributed by atoms with E-state index in [2.05, 4.69) is 21.8 Å².